The minimum atomic E-state index is 0.435. The Morgan fingerprint density at radius 2 is 2.20 bits per heavy atom. The highest BCUT2D eigenvalue weighted by Crippen LogP contribution is 2.23. The van der Waals surface area contributed by atoms with E-state index in [0.29, 0.717) is 10.7 Å². The van der Waals surface area contributed by atoms with Crippen molar-refractivity contribution in [3.63, 3.8) is 0 Å². The van der Waals surface area contributed by atoms with Crippen LogP contribution in [0.4, 0.5) is 5.69 Å². The van der Waals surface area contributed by atoms with Crippen LogP contribution in [0.2, 0.25) is 5.02 Å². The van der Waals surface area contributed by atoms with Crippen LogP contribution in [0, 0.1) is 8.48 Å². The summed E-state index contributed by atoms with van der Waals surface area (Å²) in [6, 6.07) is 4.93. The van der Waals surface area contributed by atoms with Gasteiger partial charge < -0.3 is 0 Å². The summed E-state index contributed by atoms with van der Waals surface area (Å²) in [6.07, 6.45) is 0. The molecular weight excluding hydrogens is 264 g/mol. The van der Waals surface area contributed by atoms with Crippen molar-refractivity contribution in [1.82, 2.24) is 0 Å². The maximum Gasteiger partial charge on any atom is 0.121 e. The number of nitrogens with zero attached hydrogens (tertiary/aromatic N) is 1. The lowest BCUT2D eigenvalue weighted by atomic mass is 10.3. The third-order valence-electron chi connectivity index (χ3n) is 1.01. The zero-order valence-corrected chi connectivity index (χ0v) is 7.76. The minimum absolute atomic E-state index is 0.435. The third-order valence-corrected chi connectivity index (χ3v) is 2.11. The van der Waals surface area contributed by atoms with E-state index in [1.807, 2.05) is 22.6 Å². The molecule has 0 aliphatic heterocycles. The molecule has 0 atom stereocenters. The second-order valence-electron chi connectivity index (χ2n) is 1.69. The summed E-state index contributed by atoms with van der Waals surface area (Å²) in [6.45, 7) is 0. The first-order valence-corrected chi connectivity index (χ1v) is 3.98. The molecule has 0 unspecified atom stereocenters. The van der Waals surface area contributed by atoms with E-state index in [1.54, 1.807) is 18.2 Å². The molecule has 10 heavy (non-hydrogen) atoms. The number of hydrogen-bond acceptors (Lipinski definition) is 2. The van der Waals surface area contributed by atoms with Gasteiger partial charge in [0.1, 0.15) is 5.69 Å². The lowest BCUT2D eigenvalue weighted by Gasteiger charge is -1.93. The Labute approximate surface area is 76.7 Å². The molecule has 4 heteroatoms. The predicted octanol–water partition coefficient (Wildman–Crippen LogP) is 3.34. The van der Waals surface area contributed by atoms with Crippen molar-refractivity contribution < 1.29 is 0 Å². The topological polar surface area (TPSA) is 29.4 Å². The molecule has 2 nitrogen and oxygen atoms in total. The Morgan fingerprint density at radius 3 is 2.70 bits per heavy atom. The molecule has 0 N–H and O–H groups in total. The van der Waals surface area contributed by atoms with E-state index in [9.17, 15) is 4.91 Å². The van der Waals surface area contributed by atoms with Crippen LogP contribution in [-0.2, 0) is 0 Å². The van der Waals surface area contributed by atoms with E-state index in [-0.39, 0.29) is 0 Å². The molecule has 0 spiro atoms. The van der Waals surface area contributed by atoms with Gasteiger partial charge in [0.25, 0.3) is 0 Å². The highest BCUT2D eigenvalue weighted by atomic mass is 127. The second-order valence-corrected chi connectivity index (χ2v) is 3.29. The van der Waals surface area contributed by atoms with Crippen molar-refractivity contribution in [3.05, 3.63) is 31.7 Å². The first-order valence-electron chi connectivity index (χ1n) is 2.52. The van der Waals surface area contributed by atoms with E-state index in [2.05, 4.69) is 5.18 Å². The highest BCUT2D eigenvalue weighted by molar-refractivity contribution is 14.1. The van der Waals surface area contributed by atoms with E-state index in [0.717, 1.165) is 3.57 Å². The molecule has 0 aliphatic rings. The Morgan fingerprint density at radius 1 is 1.50 bits per heavy atom. The summed E-state index contributed by atoms with van der Waals surface area (Å²) in [5.41, 5.74) is 0.435. The number of hydrogen-bond donors (Lipinski definition) is 0. The summed E-state index contributed by atoms with van der Waals surface area (Å²) in [5, 5.41) is 3.42. The van der Waals surface area contributed by atoms with Crippen molar-refractivity contribution in [1.29, 1.82) is 0 Å². The molecule has 0 aliphatic carbocycles. The maximum absolute atomic E-state index is 10.0. The number of rotatable bonds is 1. The zero-order chi connectivity index (χ0) is 7.56. The Hall–Kier alpha value is -0.160. The van der Waals surface area contributed by atoms with Gasteiger partial charge in [0.2, 0.25) is 0 Å². The van der Waals surface area contributed by atoms with Crippen LogP contribution in [0.15, 0.2) is 23.4 Å². The van der Waals surface area contributed by atoms with Crippen molar-refractivity contribution >= 4 is 39.9 Å². The molecule has 1 aromatic rings. The SMILES string of the molecule is O=Nc1ccc(Cl)cc1I. The molecule has 1 rings (SSSR count). The maximum atomic E-state index is 10.0. The molecule has 0 radical (unpaired) electrons. The summed E-state index contributed by atoms with van der Waals surface area (Å²) in [4.78, 5) is 10.0. The Balaban J connectivity index is 3.19. The predicted molar refractivity (Wildman–Crippen MR) is 49.6 cm³/mol. The summed E-state index contributed by atoms with van der Waals surface area (Å²) in [5.74, 6) is 0. The van der Waals surface area contributed by atoms with Crippen molar-refractivity contribution in [2.24, 2.45) is 5.18 Å². The Kier molecular flexibility index (Phi) is 2.62. The van der Waals surface area contributed by atoms with Crippen molar-refractivity contribution in [3.8, 4) is 0 Å². The van der Waals surface area contributed by atoms with Gasteiger partial charge in [-0.1, -0.05) is 11.6 Å². The fourth-order valence-corrected chi connectivity index (χ4v) is 1.53. The summed E-state index contributed by atoms with van der Waals surface area (Å²) < 4.78 is 0.778. The van der Waals surface area contributed by atoms with Crippen LogP contribution >= 0.6 is 34.2 Å². The van der Waals surface area contributed by atoms with E-state index in [1.165, 1.54) is 0 Å². The van der Waals surface area contributed by atoms with Crippen LogP contribution in [0.5, 0.6) is 0 Å². The van der Waals surface area contributed by atoms with Gasteiger partial charge in [-0.2, -0.15) is 0 Å². The van der Waals surface area contributed by atoms with Crippen LogP contribution in [0.25, 0.3) is 0 Å². The molecule has 1 aromatic carbocycles. The number of nitroso groups, excluding NO2 is 1. The van der Waals surface area contributed by atoms with Gasteiger partial charge in [-0.3, -0.25) is 0 Å². The molecule has 0 fully saturated rings. The molecule has 0 bridgehead atoms. The summed E-state index contributed by atoms with van der Waals surface area (Å²) >= 11 is 7.63. The number of halogens is 2. The largest absolute Gasteiger partial charge is 0.145 e. The normalized spacial score (nSPS) is 9.40. The molecule has 0 saturated carbocycles. The smallest absolute Gasteiger partial charge is 0.121 e. The van der Waals surface area contributed by atoms with Gasteiger partial charge in [0.15, 0.2) is 0 Å². The monoisotopic (exact) mass is 267 g/mol. The van der Waals surface area contributed by atoms with Crippen LogP contribution in [0.3, 0.4) is 0 Å². The second kappa shape index (κ2) is 3.30. The molecule has 0 amide bonds. The van der Waals surface area contributed by atoms with E-state index < -0.39 is 0 Å². The van der Waals surface area contributed by atoms with Gasteiger partial charge in [0.05, 0.1) is 0 Å². The third kappa shape index (κ3) is 1.67. The average molecular weight is 267 g/mol. The molecular formula is C6H3ClINO. The first kappa shape index (κ1) is 7.94. The Bertz CT molecular complexity index is 264. The first-order chi connectivity index (χ1) is 4.74. The van der Waals surface area contributed by atoms with E-state index >= 15 is 0 Å². The van der Waals surface area contributed by atoms with Gasteiger partial charge in [-0.05, 0) is 46.0 Å². The van der Waals surface area contributed by atoms with Crippen molar-refractivity contribution in [2.45, 2.75) is 0 Å². The van der Waals surface area contributed by atoms with Gasteiger partial charge in [0, 0.05) is 8.59 Å². The van der Waals surface area contributed by atoms with Gasteiger partial charge in [-0.15, -0.1) is 4.91 Å². The van der Waals surface area contributed by atoms with Gasteiger partial charge in [-0.25, -0.2) is 0 Å². The average Bonchev–Trinajstić information content (AvgIpc) is 1.88. The molecule has 0 saturated heterocycles. The lowest BCUT2D eigenvalue weighted by molar-refractivity contribution is 1.47. The van der Waals surface area contributed by atoms with Crippen LogP contribution < -0.4 is 0 Å². The lowest BCUT2D eigenvalue weighted by Crippen LogP contribution is -1.71. The zero-order valence-electron chi connectivity index (χ0n) is 4.84. The fourth-order valence-electron chi connectivity index (χ4n) is 0.555. The van der Waals surface area contributed by atoms with Crippen molar-refractivity contribution in [2.75, 3.05) is 0 Å². The minimum Gasteiger partial charge on any atom is -0.145 e. The fraction of sp³-hybridized carbons (Fsp3) is 0. The molecule has 0 heterocycles. The quantitative estimate of drug-likeness (QED) is 0.567. The van der Waals surface area contributed by atoms with Crippen LogP contribution in [0.1, 0.15) is 0 Å². The van der Waals surface area contributed by atoms with Gasteiger partial charge >= 0.3 is 0 Å². The summed E-state index contributed by atoms with van der Waals surface area (Å²) in [7, 11) is 0. The number of benzene rings is 1. The van der Waals surface area contributed by atoms with E-state index in [4.69, 9.17) is 11.6 Å². The standard InChI is InChI=1S/C6H3ClINO/c7-4-1-2-6(9-10)5(8)3-4/h1-3H. The molecule has 52 valence electrons. The highest BCUT2D eigenvalue weighted by Gasteiger charge is 1.98. The molecule has 0 aromatic heterocycles. The van der Waals surface area contributed by atoms with Crippen LogP contribution in [-0.4, -0.2) is 0 Å².